The van der Waals surface area contributed by atoms with E-state index < -0.39 is 23.1 Å². The minimum atomic E-state index is -4.62. The third-order valence-electron chi connectivity index (χ3n) is 2.60. The number of benzene rings is 2. The van der Waals surface area contributed by atoms with Crippen LogP contribution >= 0.6 is 0 Å². The molecule has 0 bridgehead atoms. The highest BCUT2D eigenvalue weighted by Crippen LogP contribution is 2.34. The lowest BCUT2D eigenvalue weighted by atomic mass is 9.99. The van der Waals surface area contributed by atoms with E-state index in [1.807, 2.05) is 0 Å². The average Bonchev–Trinajstić information content (AvgIpc) is 2.37. The summed E-state index contributed by atoms with van der Waals surface area (Å²) in [5, 5.41) is 8.68. The summed E-state index contributed by atoms with van der Waals surface area (Å²) in [6.45, 7) is 0. The van der Waals surface area contributed by atoms with Gasteiger partial charge in [0.1, 0.15) is 5.82 Å². The minimum absolute atomic E-state index is 0.214. The van der Waals surface area contributed by atoms with Crippen LogP contribution in [0.1, 0.15) is 11.1 Å². The normalized spacial score (nSPS) is 11.1. The summed E-state index contributed by atoms with van der Waals surface area (Å²) in [6, 6.07) is 10.1. The van der Waals surface area contributed by atoms with Crippen LogP contribution in [-0.4, -0.2) is 0 Å². The van der Waals surface area contributed by atoms with Gasteiger partial charge in [-0.15, -0.1) is 0 Å². The SMILES string of the molecule is N#Cc1ccc(-c2cccc(F)c2)cc1C(F)(F)F. The highest BCUT2D eigenvalue weighted by Gasteiger charge is 2.33. The van der Waals surface area contributed by atoms with Crippen molar-refractivity contribution in [3.63, 3.8) is 0 Å². The van der Waals surface area contributed by atoms with Crippen molar-refractivity contribution in [3.05, 3.63) is 59.4 Å². The Morgan fingerprint density at radius 2 is 1.63 bits per heavy atom. The Balaban J connectivity index is 2.59. The van der Waals surface area contributed by atoms with E-state index in [-0.39, 0.29) is 5.56 Å². The van der Waals surface area contributed by atoms with E-state index >= 15 is 0 Å². The van der Waals surface area contributed by atoms with Crippen molar-refractivity contribution in [1.29, 1.82) is 5.26 Å². The monoisotopic (exact) mass is 265 g/mol. The summed E-state index contributed by atoms with van der Waals surface area (Å²) in [5.41, 5.74) is -0.926. The van der Waals surface area contributed by atoms with Crippen LogP contribution in [0, 0.1) is 17.1 Å². The van der Waals surface area contributed by atoms with E-state index in [9.17, 15) is 17.6 Å². The van der Waals surface area contributed by atoms with Crippen LogP contribution < -0.4 is 0 Å². The smallest absolute Gasteiger partial charge is 0.207 e. The molecule has 2 aromatic rings. The molecule has 0 saturated heterocycles. The second-order valence-corrected chi connectivity index (χ2v) is 3.88. The molecule has 0 radical (unpaired) electrons. The topological polar surface area (TPSA) is 23.8 Å². The van der Waals surface area contributed by atoms with Gasteiger partial charge in [-0.25, -0.2) is 4.39 Å². The van der Waals surface area contributed by atoms with Crippen molar-refractivity contribution in [1.82, 2.24) is 0 Å². The Morgan fingerprint density at radius 3 is 2.21 bits per heavy atom. The fourth-order valence-electron chi connectivity index (χ4n) is 1.72. The third-order valence-corrected chi connectivity index (χ3v) is 2.60. The maximum Gasteiger partial charge on any atom is 0.417 e. The molecule has 0 saturated carbocycles. The van der Waals surface area contributed by atoms with Crippen LogP contribution in [0.25, 0.3) is 11.1 Å². The average molecular weight is 265 g/mol. The summed E-state index contributed by atoms with van der Waals surface area (Å²) < 4.78 is 51.4. The second-order valence-electron chi connectivity index (χ2n) is 3.88. The Labute approximate surface area is 106 Å². The molecule has 1 nitrogen and oxygen atoms in total. The first-order valence-corrected chi connectivity index (χ1v) is 5.29. The molecule has 0 heterocycles. The van der Waals surface area contributed by atoms with Crippen molar-refractivity contribution in [2.24, 2.45) is 0 Å². The molecular formula is C14H7F4N. The van der Waals surface area contributed by atoms with E-state index in [1.165, 1.54) is 30.3 Å². The molecule has 0 aromatic heterocycles. The Kier molecular flexibility index (Phi) is 3.26. The number of hydrogen-bond donors (Lipinski definition) is 0. The molecule has 0 aliphatic heterocycles. The van der Waals surface area contributed by atoms with Crippen LogP contribution in [-0.2, 0) is 6.18 Å². The number of hydrogen-bond acceptors (Lipinski definition) is 1. The van der Waals surface area contributed by atoms with Gasteiger partial charge in [0.05, 0.1) is 17.2 Å². The van der Waals surface area contributed by atoms with Crippen LogP contribution in [0.5, 0.6) is 0 Å². The fourth-order valence-corrected chi connectivity index (χ4v) is 1.72. The molecule has 0 amide bonds. The molecule has 0 aliphatic carbocycles. The van der Waals surface area contributed by atoms with Gasteiger partial charge in [-0.3, -0.25) is 0 Å². The van der Waals surface area contributed by atoms with Gasteiger partial charge in [0, 0.05) is 0 Å². The second kappa shape index (κ2) is 4.73. The maximum absolute atomic E-state index is 13.1. The molecule has 0 unspecified atom stereocenters. The molecular weight excluding hydrogens is 258 g/mol. The van der Waals surface area contributed by atoms with Crippen molar-refractivity contribution in [2.45, 2.75) is 6.18 Å². The number of nitriles is 1. The van der Waals surface area contributed by atoms with E-state index in [2.05, 4.69) is 0 Å². The molecule has 19 heavy (non-hydrogen) atoms. The van der Waals surface area contributed by atoms with Gasteiger partial charge in [-0.05, 0) is 35.4 Å². The quantitative estimate of drug-likeness (QED) is 0.702. The number of rotatable bonds is 1. The van der Waals surface area contributed by atoms with Gasteiger partial charge in [0.15, 0.2) is 0 Å². The Hall–Kier alpha value is -2.35. The lowest BCUT2D eigenvalue weighted by Crippen LogP contribution is -2.07. The fraction of sp³-hybridized carbons (Fsp3) is 0.0714. The van der Waals surface area contributed by atoms with Crippen molar-refractivity contribution in [3.8, 4) is 17.2 Å². The summed E-state index contributed by atoms with van der Waals surface area (Å²) >= 11 is 0. The van der Waals surface area contributed by atoms with E-state index in [0.717, 1.165) is 18.2 Å². The molecule has 0 spiro atoms. The van der Waals surface area contributed by atoms with Crippen molar-refractivity contribution in [2.75, 3.05) is 0 Å². The van der Waals surface area contributed by atoms with Crippen LogP contribution in [0.15, 0.2) is 42.5 Å². The summed E-state index contributed by atoms with van der Waals surface area (Å²) in [5.74, 6) is -0.532. The maximum atomic E-state index is 13.1. The first-order chi connectivity index (χ1) is 8.91. The van der Waals surface area contributed by atoms with Crippen LogP contribution in [0.4, 0.5) is 17.6 Å². The highest BCUT2D eigenvalue weighted by molar-refractivity contribution is 5.66. The Bertz CT molecular complexity index is 653. The summed E-state index contributed by atoms with van der Waals surface area (Å²) in [4.78, 5) is 0. The van der Waals surface area contributed by atoms with Gasteiger partial charge in [0.2, 0.25) is 0 Å². The van der Waals surface area contributed by atoms with Crippen molar-refractivity contribution < 1.29 is 17.6 Å². The minimum Gasteiger partial charge on any atom is -0.207 e. The highest BCUT2D eigenvalue weighted by atomic mass is 19.4. The predicted molar refractivity (Wildman–Crippen MR) is 61.6 cm³/mol. The molecule has 0 fully saturated rings. The van der Waals surface area contributed by atoms with Crippen molar-refractivity contribution >= 4 is 0 Å². The molecule has 2 rings (SSSR count). The van der Waals surface area contributed by atoms with E-state index in [4.69, 9.17) is 5.26 Å². The predicted octanol–water partition coefficient (Wildman–Crippen LogP) is 4.38. The van der Waals surface area contributed by atoms with Crippen LogP contribution in [0.3, 0.4) is 0 Å². The van der Waals surface area contributed by atoms with Crippen LogP contribution in [0.2, 0.25) is 0 Å². The molecule has 0 atom stereocenters. The van der Waals surface area contributed by atoms with Gasteiger partial charge in [-0.2, -0.15) is 18.4 Å². The number of alkyl halides is 3. The largest absolute Gasteiger partial charge is 0.417 e. The molecule has 96 valence electrons. The molecule has 0 N–H and O–H groups in total. The van der Waals surface area contributed by atoms with E-state index in [0.29, 0.717) is 5.56 Å². The Morgan fingerprint density at radius 1 is 0.947 bits per heavy atom. The van der Waals surface area contributed by atoms with Gasteiger partial charge < -0.3 is 0 Å². The van der Waals surface area contributed by atoms with Gasteiger partial charge in [0.25, 0.3) is 0 Å². The zero-order chi connectivity index (χ0) is 14.0. The zero-order valence-corrected chi connectivity index (χ0v) is 9.50. The lowest BCUT2D eigenvalue weighted by molar-refractivity contribution is -0.137. The lowest BCUT2D eigenvalue weighted by Gasteiger charge is -2.11. The first-order valence-electron chi connectivity index (χ1n) is 5.29. The number of halogens is 4. The van der Waals surface area contributed by atoms with Gasteiger partial charge >= 0.3 is 6.18 Å². The first kappa shape index (κ1) is 13.1. The van der Waals surface area contributed by atoms with E-state index in [1.54, 1.807) is 0 Å². The standard InChI is InChI=1S/C14H7F4N/c15-12-3-1-2-9(6-12)10-4-5-11(8-19)13(7-10)14(16,17)18/h1-7H. The molecule has 5 heteroatoms. The summed E-state index contributed by atoms with van der Waals surface area (Å²) in [6.07, 6.45) is -4.62. The number of nitrogens with zero attached hydrogens (tertiary/aromatic N) is 1. The van der Waals surface area contributed by atoms with Gasteiger partial charge in [-0.1, -0.05) is 18.2 Å². The summed E-state index contributed by atoms with van der Waals surface area (Å²) in [7, 11) is 0. The zero-order valence-electron chi connectivity index (χ0n) is 9.50. The molecule has 0 aliphatic rings. The molecule has 2 aromatic carbocycles. The third kappa shape index (κ3) is 2.74.